The van der Waals surface area contributed by atoms with Gasteiger partial charge in [-0.3, -0.25) is 19.3 Å². The van der Waals surface area contributed by atoms with E-state index in [1.165, 1.54) is 36.4 Å². The van der Waals surface area contributed by atoms with Gasteiger partial charge in [-0.1, -0.05) is 57.2 Å². The first-order chi connectivity index (χ1) is 17.6. The minimum atomic E-state index is -7.15. The lowest BCUT2D eigenvalue weighted by Gasteiger charge is -2.35. The quantitative estimate of drug-likeness (QED) is 0.197. The van der Waals surface area contributed by atoms with Crippen LogP contribution in [0, 0.1) is 5.92 Å². The summed E-state index contributed by atoms with van der Waals surface area (Å²) in [5.41, 5.74) is -0.517. The molecule has 4 nitrogen and oxygen atoms in total. The van der Waals surface area contributed by atoms with E-state index in [1.54, 1.807) is 20.8 Å². The molecule has 212 valence electrons. The molecule has 2 aromatic carbocycles. The summed E-state index contributed by atoms with van der Waals surface area (Å²) < 4.78 is 122. The lowest BCUT2D eigenvalue weighted by atomic mass is 9.84. The molecule has 3 rings (SSSR count). The number of imide groups is 1. The van der Waals surface area contributed by atoms with Gasteiger partial charge in [-0.05, 0) is 23.1 Å². The Kier molecular flexibility index (Phi) is 7.48. The lowest BCUT2D eigenvalue weighted by molar-refractivity contribution is -0.397. The first-order valence-electron chi connectivity index (χ1n) is 11.4. The molecule has 0 radical (unpaired) electrons. The number of rotatable bonds is 8. The predicted octanol–water partition coefficient (Wildman–Crippen LogP) is 6.94. The Labute approximate surface area is 216 Å². The summed E-state index contributed by atoms with van der Waals surface area (Å²) in [6.07, 6.45) is -9.55. The van der Waals surface area contributed by atoms with Crippen molar-refractivity contribution in [1.82, 2.24) is 4.90 Å². The molecule has 1 heterocycles. The van der Waals surface area contributed by atoms with Crippen molar-refractivity contribution in [2.75, 3.05) is 6.54 Å². The third kappa shape index (κ3) is 5.27. The highest BCUT2D eigenvalue weighted by atomic mass is 19.4. The predicted molar refractivity (Wildman–Crippen MR) is 120 cm³/mol. The zero-order chi connectivity index (χ0) is 29.8. The van der Waals surface area contributed by atoms with Gasteiger partial charge in [0.05, 0.1) is 11.1 Å². The molecule has 2 aromatic rings. The second-order valence-corrected chi connectivity index (χ2v) is 10.2. The van der Waals surface area contributed by atoms with Gasteiger partial charge in [0.25, 0.3) is 11.8 Å². The molecular formula is C26H22F9NO3. The fraction of sp³-hybridized carbons (Fsp3) is 0.423. The first kappa shape index (κ1) is 30.2. The zero-order valence-corrected chi connectivity index (χ0v) is 20.7. The van der Waals surface area contributed by atoms with Crippen LogP contribution >= 0.6 is 0 Å². The van der Waals surface area contributed by atoms with Crippen molar-refractivity contribution in [3.05, 3.63) is 70.8 Å². The average molecular weight is 567 g/mol. The Balaban J connectivity index is 2.03. The summed E-state index contributed by atoms with van der Waals surface area (Å²) in [6, 6.07) is 10.2. The van der Waals surface area contributed by atoms with Crippen molar-refractivity contribution in [1.29, 1.82) is 0 Å². The number of alkyl halides is 9. The molecule has 39 heavy (non-hydrogen) atoms. The summed E-state index contributed by atoms with van der Waals surface area (Å²) >= 11 is 0. The minimum absolute atomic E-state index is 0.191. The van der Waals surface area contributed by atoms with Crippen molar-refractivity contribution in [2.24, 2.45) is 5.92 Å². The standard InChI is InChI=1S/C26H22F9NO3/c1-22(2,3)16-10-8-14(9-11-16)19(37)15(12-23(27,28)24(29,30)25(31,32)26(33,34)35)13-36-20(38)17-6-4-5-7-18(17)21(36)39/h4-11,15H,12-13H2,1-3H3. The van der Waals surface area contributed by atoms with Crippen molar-refractivity contribution in [3.63, 3.8) is 0 Å². The number of hydrogen-bond acceptors (Lipinski definition) is 3. The van der Waals surface area contributed by atoms with Crippen molar-refractivity contribution in [2.45, 2.75) is 56.6 Å². The van der Waals surface area contributed by atoms with Gasteiger partial charge < -0.3 is 0 Å². The van der Waals surface area contributed by atoms with E-state index in [2.05, 4.69) is 0 Å². The number of amides is 2. The van der Waals surface area contributed by atoms with Crippen molar-refractivity contribution >= 4 is 17.6 Å². The van der Waals surface area contributed by atoms with E-state index in [0.717, 1.165) is 12.1 Å². The molecule has 0 saturated heterocycles. The van der Waals surface area contributed by atoms with E-state index in [9.17, 15) is 53.9 Å². The normalized spacial score (nSPS) is 15.9. The number of halogens is 9. The van der Waals surface area contributed by atoms with E-state index in [-0.39, 0.29) is 16.7 Å². The molecule has 1 aliphatic rings. The van der Waals surface area contributed by atoms with E-state index < -0.39 is 65.8 Å². The van der Waals surface area contributed by atoms with Crippen LogP contribution in [0.4, 0.5) is 39.5 Å². The van der Waals surface area contributed by atoms with Crippen LogP contribution in [0.1, 0.15) is 63.8 Å². The number of carbonyl (C=O) groups is 3. The monoisotopic (exact) mass is 567 g/mol. The Morgan fingerprint density at radius 1 is 0.744 bits per heavy atom. The molecule has 0 aromatic heterocycles. The average Bonchev–Trinajstić information content (AvgIpc) is 3.06. The van der Waals surface area contributed by atoms with Crippen LogP contribution in [0.15, 0.2) is 48.5 Å². The number of ketones is 1. The maximum absolute atomic E-state index is 14.6. The maximum Gasteiger partial charge on any atom is 0.460 e. The summed E-state index contributed by atoms with van der Waals surface area (Å²) in [5, 5.41) is 0. The Bertz CT molecular complexity index is 1240. The second-order valence-electron chi connectivity index (χ2n) is 10.2. The SMILES string of the molecule is CC(C)(C)c1ccc(C(=O)C(CN2C(=O)c3ccccc3C2=O)CC(F)(F)C(F)(F)C(F)(F)C(F)(F)F)cc1. The molecule has 1 unspecified atom stereocenters. The maximum atomic E-state index is 14.6. The minimum Gasteiger partial charge on any atom is -0.294 e. The Morgan fingerprint density at radius 3 is 1.62 bits per heavy atom. The van der Waals surface area contributed by atoms with E-state index in [1.807, 2.05) is 0 Å². The van der Waals surface area contributed by atoms with Crippen molar-refractivity contribution in [3.8, 4) is 0 Å². The smallest absolute Gasteiger partial charge is 0.294 e. The highest BCUT2D eigenvalue weighted by molar-refractivity contribution is 6.21. The van der Waals surface area contributed by atoms with Gasteiger partial charge in [0, 0.05) is 24.4 Å². The molecule has 2 amide bonds. The molecule has 0 bridgehead atoms. The summed E-state index contributed by atoms with van der Waals surface area (Å²) in [5.74, 6) is -26.2. The van der Waals surface area contributed by atoms with Crippen LogP contribution < -0.4 is 0 Å². The molecule has 1 atom stereocenters. The molecule has 13 heteroatoms. The molecule has 0 spiro atoms. The van der Waals surface area contributed by atoms with Crippen LogP contribution in [0.5, 0.6) is 0 Å². The lowest BCUT2D eigenvalue weighted by Crippen LogP contribution is -2.61. The van der Waals surface area contributed by atoms with E-state index in [0.29, 0.717) is 10.5 Å². The van der Waals surface area contributed by atoms with Gasteiger partial charge in [0.2, 0.25) is 0 Å². The van der Waals surface area contributed by atoms with Crippen molar-refractivity contribution < 1.29 is 53.9 Å². The zero-order valence-electron chi connectivity index (χ0n) is 20.7. The number of hydrogen-bond donors (Lipinski definition) is 0. The molecule has 1 aliphatic heterocycles. The van der Waals surface area contributed by atoms with Crippen LogP contribution in [0.3, 0.4) is 0 Å². The molecule has 0 fully saturated rings. The van der Waals surface area contributed by atoms with Crippen LogP contribution in [0.2, 0.25) is 0 Å². The van der Waals surface area contributed by atoms with Crippen LogP contribution in [-0.2, 0) is 5.41 Å². The molecule has 0 saturated carbocycles. The highest BCUT2D eigenvalue weighted by Gasteiger charge is 2.81. The number of carbonyl (C=O) groups excluding carboxylic acids is 3. The third-order valence-electron chi connectivity index (χ3n) is 6.40. The Hall–Kier alpha value is -3.38. The fourth-order valence-corrected chi connectivity index (χ4v) is 4.08. The van der Waals surface area contributed by atoms with Crippen LogP contribution in [-0.4, -0.2) is 53.0 Å². The summed E-state index contributed by atoms with van der Waals surface area (Å²) in [6.45, 7) is 4.14. The Morgan fingerprint density at radius 2 is 1.21 bits per heavy atom. The summed E-state index contributed by atoms with van der Waals surface area (Å²) in [7, 11) is 0. The second kappa shape index (κ2) is 9.67. The van der Waals surface area contributed by atoms with E-state index in [4.69, 9.17) is 0 Å². The first-order valence-corrected chi connectivity index (χ1v) is 11.4. The fourth-order valence-electron chi connectivity index (χ4n) is 4.08. The van der Waals surface area contributed by atoms with Gasteiger partial charge in [-0.25, -0.2) is 0 Å². The molecular weight excluding hydrogens is 545 g/mol. The molecule has 0 aliphatic carbocycles. The van der Waals surface area contributed by atoms with E-state index >= 15 is 0 Å². The number of nitrogens with zero attached hydrogens (tertiary/aromatic N) is 1. The summed E-state index contributed by atoms with van der Waals surface area (Å²) in [4.78, 5) is 38.9. The van der Waals surface area contributed by atoms with Gasteiger partial charge in [0.1, 0.15) is 0 Å². The number of fused-ring (bicyclic) bond motifs is 1. The number of Topliss-reactive ketones (excluding diaryl/α,β-unsaturated/α-hetero) is 1. The third-order valence-corrected chi connectivity index (χ3v) is 6.40. The van der Waals surface area contributed by atoms with Gasteiger partial charge in [0.15, 0.2) is 5.78 Å². The highest BCUT2D eigenvalue weighted by Crippen LogP contribution is 2.55. The van der Waals surface area contributed by atoms with Gasteiger partial charge >= 0.3 is 23.9 Å². The largest absolute Gasteiger partial charge is 0.460 e. The number of benzene rings is 2. The molecule has 0 N–H and O–H groups in total. The topological polar surface area (TPSA) is 54.5 Å². The van der Waals surface area contributed by atoms with Gasteiger partial charge in [-0.15, -0.1) is 0 Å². The van der Waals surface area contributed by atoms with Crippen LogP contribution in [0.25, 0.3) is 0 Å². The van der Waals surface area contributed by atoms with Gasteiger partial charge in [-0.2, -0.15) is 39.5 Å².